The molecule has 5 nitrogen and oxygen atoms in total. The third-order valence-electron chi connectivity index (χ3n) is 5.13. The molecule has 2 N–H and O–H groups in total. The molecule has 3 unspecified atom stereocenters. The van der Waals surface area contributed by atoms with Gasteiger partial charge < -0.3 is 15.2 Å². The van der Waals surface area contributed by atoms with E-state index in [0.29, 0.717) is 23.9 Å². The predicted octanol–water partition coefficient (Wildman–Crippen LogP) is 1.99. The number of hydrogen-bond acceptors (Lipinski definition) is 5. The van der Waals surface area contributed by atoms with Crippen LogP contribution in [-0.2, 0) is 5.54 Å². The van der Waals surface area contributed by atoms with Crippen LogP contribution in [0.15, 0.2) is 4.52 Å². The van der Waals surface area contributed by atoms with Crippen molar-refractivity contribution >= 4 is 0 Å². The lowest BCUT2D eigenvalue weighted by molar-refractivity contribution is 0.157. The van der Waals surface area contributed by atoms with Gasteiger partial charge in [0.15, 0.2) is 5.82 Å². The lowest BCUT2D eigenvalue weighted by atomic mass is 9.90. The summed E-state index contributed by atoms with van der Waals surface area (Å²) in [6, 6.07) is 1.39. The van der Waals surface area contributed by atoms with Crippen molar-refractivity contribution in [2.75, 3.05) is 7.05 Å². The average Bonchev–Trinajstić information content (AvgIpc) is 2.94. The SMILES string of the molecule is CCC(C)(N)c1nc(C2CC3CCC(C2)N3C)no1. The van der Waals surface area contributed by atoms with Crippen molar-refractivity contribution in [2.45, 2.75) is 69.5 Å². The van der Waals surface area contributed by atoms with Gasteiger partial charge in [0.05, 0.1) is 5.54 Å². The second-order valence-electron chi connectivity index (χ2n) is 6.45. The lowest BCUT2D eigenvalue weighted by Crippen LogP contribution is -2.39. The monoisotopic (exact) mass is 264 g/mol. The highest BCUT2D eigenvalue weighted by atomic mass is 16.5. The highest BCUT2D eigenvalue weighted by molar-refractivity contribution is 5.07. The molecule has 0 aromatic carbocycles. The first kappa shape index (κ1) is 13.1. The maximum atomic E-state index is 6.16. The van der Waals surface area contributed by atoms with Crippen molar-refractivity contribution in [3.05, 3.63) is 11.7 Å². The van der Waals surface area contributed by atoms with Crippen LogP contribution >= 0.6 is 0 Å². The molecular weight excluding hydrogens is 240 g/mol. The summed E-state index contributed by atoms with van der Waals surface area (Å²) in [6.07, 6.45) is 5.73. The summed E-state index contributed by atoms with van der Waals surface area (Å²) in [6.45, 7) is 3.99. The fourth-order valence-corrected chi connectivity index (χ4v) is 3.41. The number of fused-ring (bicyclic) bond motifs is 2. The van der Waals surface area contributed by atoms with E-state index in [1.54, 1.807) is 0 Å². The van der Waals surface area contributed by atoms with Crippen molar-refractivity contribution in [1.29, 1.82) is 0 Å². The average molecular weight is 264 g/mol. The Morgan fingerprint density at radius 2 is 2.00 bits per heavy atom. The van der Waals surface area contributed by atoms with Crippen LogP contribution in [0.4, 0.5) is 0 Å². The summed E-state index contributed by atoms with van der Waals surface area (Å²) in [5, 5.41) is 4.19. The molecule has 2 aliphatic heterocycles. The Bertz CT molecular complexity index is 442. The fourth-order valence-electron chi connectivity index (χ4n) is 3.41. The van der Waals surface area contributed by atoms with Gasteiger partial charge in [-0.15, -0.1) is 0 Å². The fraction of sp³-hybridized carbons (Fsp3) is 0.857. The van der Waals surface area contributed by atoms with Crippen molar-refractivity contribution in [3.8, 4) is 0 Å². The zero-order chi connectivity index (χ0) is 13.6. The Morgan fingerprint density at radius 1 is 1.37 bits per heavy atom. The molecule has 0 spiro atoms. The molecule has 3 rings (SSSR count). The highest BCUT2D eigenvalue weighted by Gasteiger charge is 2.40. The second kappa shape index (κ2) is 4.56. The Hall–Kier alpha value is -0.940. The second-order valence-corrected chi connectivity index (χ2v) is 6.45. The molecule has 0 amide bonds. The topological polar surface area (TPSA) is 68.2 Å². The molecule has 3 atom stereocenters. The number of rotatable bonds is 3. The predicted molar refractivity (Wildman–Crippen MR) is 72.7 cm³/mol. The van der Waals surface area contributed by atoms with E-state index in [0.717, 1.165) is 25.1 Å². The smallest absolute Gasteiger partial charge is 0.246 e. The van der Waals surface area contributed by atoms with Gasteiger partial charge in [0, 0.05) is 18.0 Å². The normalized spacial score (nSPS) is 34.4. The molecule has 2 fully saturated rings. The minimum atomic E-state index is -0.504. The summed E-state index contributed by atoms with van der Waals surface area (Å²) in [5.41, 5.74) is 5.66. The quantitative estimate of drug-likeness (QED) is 0.904. The van der Waals surface area contributed by atoms with Gasteiger partial charge in [-0.25, -0.2) is 0 Å². The Morgan fingerprint density at radius 3 is 2.58 bits per heavy atom. The number of piperidine rings is 1. The van der Waals surface area contributed by atoms with Gasteiger partial charge in [0.2, 0.25) is 5.89 Å². The summed E-state index contributed by atoms with van der Waals surface area (Å²) in [7, 11) is 2.24. The summed E-state index contributed by atoms with van der Waals surface area (Å²) in [4.78, 5) is 7.10. The Labute approximate surface area is 114 Å². The molecule has 0 aliphatic carbocycles. The standard InChI is InChI=1S/C14H24N4O/c1-4-14(2,15)13-16-12(17-19-13)9-7-10-5-6-11(8-9)18(10)3/h9-11H,4-8,15H2,1-3H3. The molecule has 106 valence electrons. The van der Waals surface area contributed by atoms with Gasteiger partial charge in [0.1, 0.15) is 0 Å². The zero-order valence-electron chi connectivity index (χ0n) is 12.1. The largest absolute Gasteiger partial charge is 0.337 e. The van der Waals surface area contributed by atoms with Crippen molar-refractivity contribution in [3.63, 3.8) is 0 Å². The van der Waals surface area contributed by atoms with Crippen molar-refractivity contribution < 1.29 is 4.52 Å². The van der Waals surface area contributed by atoms with Gasteiger partial charge in [0.25, 0.3) is 0 Å². The Balaban J connectivity index is 1.77. The third kappa shape index (κ3) is 2.19. The maximum Gasteiger partial charge on any atom is 0.246 e. The molecule has 5 heteroatoms. The van der Waals surface area contributed by atoms with Crippen LogP contribution in [0, 0.1) is 0 Å². The molecule has 3 heterocycles. The molecular formula is C14H24N4O. The van der Waals surface area contributed by atoms with Gasteiger partial charge in [-0.1, -0.05) is 12.1 Å². The van der Waals surface area contributed by atoms with Crippen molar-refractivity contribution in [2.24, 2.45) is 5.73 Å². The van der Waals surface area contributed by atoms with Crippen LogP contribution in [0.3, 0.4) is 0 Å². The van der Waals surface area contributed by atoms with Crippen LogP contribution in [0.25, 0.3) is 0 Å². The van der Waals surface area contributed by atoms with Crippen LogP contribution in [0.5, 0.6) is 0 Å². The van der Waals surface area contributed by atoms with E-state index in [1.165, 1.54) is 12.8 Å². The van der Waals surface area contributed by atoms with Gasteiger partial charge >= 0.3 is 0 Å². The van der Waals surface area contributed by atoms with Crippen LogP contribution in [0.2, 0.25) is 0 Å². The summed E-state index contributed by atoms with van der Waals surface area (Å²) in [5.74, 6) is 1.89. The summed E-state index contributed by atoms with van der Waals surface area (Å²) < 4.78 is 5.39. The first-order valence-electron chi connectivity index (χ1n) is 7.36. The number of nitrogens with zero attached hydrogens (tertiary/aromatic N) is 3. The highest BCUT2D eigenvalue weighted by Crippen LogP contribution is 2.41. The molecule has 2 aliphatic rings. The molecule has 1 aromatic heterocycles. The van der Waals surface area contributed by atoms with E-state index < -0.39 is 5.54 Å². The molecule has 0 saturated carbocycles. The van der Waals surface area contributed by atoms with Crippen LogP contribution in [0.1, 0.15) is 63.6 Å². The third-order valence-corrected chi connectivity index (χ3v) is 5.13. The van der Waals surface area contributed by atoms with Gasteiger partial charge in [-0.2, -0.15) is 4.98 Å². The first-order chi connectivity index (χ1) is 9.01. The van der Waals surface area contributed by atoms with E-state index in [2.05, 4.69) is 22.1 Å². The molecule has 2 bridgehead atoms. The van der Waals surface area contributed by atoms with Gasteiger partial charge in [-0.3, -0.25) is 0 Å². The first-order valence-corrected chi connectivity index (χ1v) is 7.36. The van der Waals surface area contributed by atoms with Crippen molar-refractivity contribution in [1.82, 2.24) is 15.0 Å². The number of nitrogens with two attached hydrogens (primary N) is 1. The van der Waals surface area contributed by atoms with E-state index in [-0.39, 0.29) is 0 Å². The van der Waals surface area contributed by atoms with E-state index in [9.17, 15) is 0 Å². The van der Waals surface area contributed by atoms with E-state index >= 15 is 0 Å². The van der Waals surface area contributed by atoms with E-state index in [1.807, 2.05) is 13.8 Å². The summed E-state index contributed by atoms with van der Waals surface area (Å²) >= 11 is 0. The molecule has 19 heavy (non-hydrogen) atoms. The van der Waals surface area contributed by atoms with Gasteiger partial charge in [-0.05, 0) is 46.1 Å². The van der Waals surface area contributed by atoms with E-state index in [4.69, 9.17) is 10.3 Å². The molecule has 1 aromatic rings. The minimum absolute atomic E-state index is 0.443. The molecule has 2 saturated heterocycles. The maximum absolute atomic E-state index is 6.16. The Kier molecular flexibility index (Phi) is 3.14. The lowest BCUT2D eigenvalue weighted by Gasteiger charge is -2.34. The van der Waals surface area contributed by atoms with Crippen LogP contribution < -0.4 is 5.73 Å². The minimum Gasteiger partial charge on any atom is -0.337 e. The molecule has 0 radical (unpaired) electrons. The zero-order valence-corrected chi connectivity index (χ0v) is 12.1. The van der Waals surface area contributed by atoms with Crippen LogP contribution in [-0.4, -0.2) is 34.2 Å². The number of aromatic nitrogens is 2. The number of hydrogen-bond donors (Lipinski definition) is 1.